The molecule has 0 aromatic rings. The molecule has 0 spiro atoms. The minimum absolute atomic E-state index is 0.121. The zero-order valence-corrected chi connectivity index (χ0v) is 13.2. The molecule has 2 atom stereocenters. The second-order valence-electron chi connectivity index (χ2n) is 4.31. The summed E-state index contributed by atoms with van der Waals surface area (Å²) in [5, 5.41) is 0. The largest absolute Gasteiger partial charge is 0.465 e. The van der Waals surface area contributed by atoms with E-state index >= 15 is 0 Å². The molecule has 0 fully saturated rings. The number of ketones is 1. The van der Waals surface area contributed by atoms with Gasteiger partial charge in [0.25, 0.3) is 0 Å². The Balaban J connectivity index is 2.91. The maximum atomic E-state index is 12.0. The number of thioether (sulfide) groups is 1. The fourth-order valence-electron chi connectivity index (χ4n) is 2.14. The van der Waals surface area contributed by atoms with Gasteiger partial charge in [-0.15, -0.1) is 11.8 Å². The zero-order chi connectivity index (χ0) is 14.4. The lowest BCUT2D eigenvalue weighted by Crippen LogP contribution is -2.29. The summed E-state index contributed by atoms with van der Waals surface area (Å²) < 4.78 is 5.02. The lowest BCUT2D eigenvalue weighted by Gasteiger charge is -2.20. The summed E-state index contributed by atoms with van der Waals surface area (Å²) in [6.07, 6.45) is 3.00. The Morgan fingerprint density at radius 1 is 1.42 bits per heavy atom. The van der Waals surface area contributed by atoms with Crippen molar-refractivity contribution in [1.82, 2.24) is 0 Å². The lowest BCUT2D eigenvalue weighted by molar-refractivity contribution is -0.151. The molecule has 0 amide bonds. The Morgan fingerprint density at radius 3 is 2.63 bits per heavy atom. The number of allylic oxidation sites excluding steroid dienone is 2. The highest BCUT2D eigenvalue weighted by atomic mass is 32.2. The Hall–Kier alpha value is -0.680. The topological polar surface area (TPSA) is 43.4 Å². The first kappa shape index (κ1) is 16.4. The third-order valence-electron chi connectivity index (χ3n) is 3.05. The van der Waals surface area contributed by atoms with Crippen LogP contribution in [0.25, 0.3) is 0 Å². The molecule has 0 aromatic heterocycles. The fourth-order valence-corrected chi connectivity index (χ4v) is 3.28. The summed E-state index contributed by atoms with van der Waals surface area (Å²) >= 11 is 6.89. The van der Waals surface area contributed by atoms with Gasteiger partial charge in [0, 0.05) is 5.92 Å². The highest BCUT2D eigenvalue weighted by Gasteiger charge is 2.42. The van der Waals surface area contributed by atoms with E-state index in [1.807, 2.05) is 13.8 Å². The van der Waals surface area contributed by atoms with Crippen molar-refractivity contribution in [2.45, 2.75) is 33.6 Å². The van der Waals surface area contributed by atoms with Gasteiger partial charge >= 0.3 is 5.97 Å². The van der Waals surface area contributed by atoms with Crippen molar-refractivity contribution in [2.24, 2.45) is 11.8 Å². The maximum absolute atomic E-state index is 12.0. The smallest absolute Gasteiger partial charge is 0.317 e. The van der Waals surface area contributed by atoms with E-state index in [4.69, 9.17) is 17.0 Å². The predicted molar refractivity (Wildman–Crippen MR) is 82.3 cm³/mol. The van der Waals surface area contributed by atoms with Gasteiger partial charge in [-0.2, -0.15) is 0 Å². The van der Waals surface area contributed by atoms with Gasteiger partial charge in [-0.1, -0.05) is 26.1 Å². The third kappa shape index (κ3) is 4.14. The van der Waals surface area contributed by atoms with E-state index in [1.54, 1.807) is 24.8 Å². The number of ether oxygens (including phenoxy) is 1. The Kier molecular flexibility index (Phi) is 6.72. The van der Waals surface area contributed by atoms with Gasteiger partial charge in [-0.25, -0.2) is 0 Å². The number of hydrogen-bond acceptors (Lipinski definition) is 5. The molecular formula is C14H20O3S2. The van der Waals surface area contributed by atoms with Crippen molar-refractivity contribution in [3.8, 4) is 0 Å². The van der Waals surface area contributed by atoms with Crippen LogP contribution in [0.5, 0.6) is 0 Å². The van der Waals surface area contributed by atoms with E-state index in [1.165, 1.54) is 0 Å². The summed E-state index contributed by atoms with van der Waals surface area (Å²) in [6, 6.07) is 0. The van der Waals surface area contributed by atoms with Crippen molar-refractivity contribution in [1.29, 1.82) is 0 Å². The van der Waals surface area contributed by atoms with Gasteiger partial charge in [0.05, 0.1) is 6.61 Å². The van der Waals surface area contributed by atoms with Crippen molar-refractivity contribution < 1.29 is 14.3 Å². The fraction of sp³-hybridized carbons (Fsp3) is 0.643. The second-order valence-corrected chi connectivity index (χ2v) is 6.23. The molecule has 19 heavy (non-hydrogen) atoms. The molecular weight excluding hydrogens is 280 g/mol. The second kappa shape index (κ2) is 7.80. The van der Waals surface area contributed by atoms with E-state index in [-0.39, 0.29) is 11.7 Å². The predicted octanol–water partition coefficient (Wildman–Crippen LogP) is 3.17. The van der Waals surface area contributed by atoms with Crippen LogP contribution in [0, 0.1) is 11.8 Å². The summed E-state index contributed by atoms with van der Waals surface area (Å²) in [5.41, 5.74) is 0. The summed E-state index contributed by atoms with van der Waals surface area (Å²) in [5.74, 6) is -0.496. The molecule has 0 bridgehead atoms. The standard InChI is InChI=1S/C14H20O3S2/c1-4-9(18)7-10-12(19-6-3)8-11(15)13(10)14(16)17-5-2/h8,10,13H,4-7H2,1-3H3. The first-order valence-corrected chi connectivity index (χ1v) is 8.01. The Labute approximate surface area is 124 Å². The maximum Gasteiger partial charge on any atom is 0.317 e. The van der Waals surface area contributed by atoms with Gasteiger partial charge in [0.15, 0.2) is 5.78 Å². The van der Waals surface area contributed by atoms with Crippen molar-refractivity contribution in [3.63, 3.8) is 0 Å². The molecule has 0 saturated carbocycles. The first-order valence-electron chi connectivity index (χ1n) is 6.61. The number of thiocarbonyl (C=S) groups is 1. The SMILES string of the molecule is CCOC(=O)C1C(=O)C=C(SCC)C1CC(=S)CC. The molecule has 1 aliphatic carbocycles. The minimum Gasteiger partial charge on any atom is -0.465 e. The van der Waals surface area contributed by atoms with Crippen molar-refractivity contribution in [2.75, 3.05) is 12.4 Å². The average Bonchev–Trinajstić information content (AvgIpc) is 2.66. The molecule has 0 heterocycles. The summed E-state index contributed by atoms with van der Waals surface area (Å²) in [6.45, 7) is 6.07. The molecule has 3 nitrogen and oxygen atoms in total. The van der Waals surface area contributed by atoms with Crippen LogP contribution in [-0.2, 0) is 14.3 Å². The van der Waals surface area contributed by atoms with Gasteiger partial charge in [-0.3, -0.25) is 9.59 Å². The average molecular weight is 300 g/mol. The van der Waals surface area contributed by atoms with E-state index < -0.39 is 11.9 Å². The molecule has 1 aliphatic rings. The molecule has 106 valence electrons. The molecule has 1 rings (SSSR count). The highest BCUT2D eigenvalue weighted by Crippen LogP contribution is 2.40. The number of esters is 1. The molecule has 0 N–H and O–H groups in total. The Morgan fingerprint density at radius 2 is 2.11 bits per heavy atom. The van der Waals surface area contributed by atoms with Gasteiger partial charge < -0.3 is 4.74 Å². The quantitative estimate of drug-likeness (QED) is 0.410. The van der Waals surface area contributed by atoms with Gasteiger partial charge in [0.2, 0.25) is 0 Å². The van der Waals surface area contributed by atoms with Crippen LogP contribution in [0.1, 0.15) is 33.6 Å². The van der Waals surface area contributed by atoms with Gasteiger partial charge in [0.1, 0.15) is 5.92 Å². The molecule has 0 aromatic carbocycles. The minimum atomic E-state index is -0.696. The Bertz CT molecular complexity index is 401. The van der Waals surface area contributed by atoms with Crippen LogP contribution in [-0.4, -0.2) is 29.0 Å². The van der Waals surface area contributed by atoms with Crippen LogP contribution in [0.4, 0.5) is 0 Å². The molecule has 0 aliphatic heterocycles. The zero-order valence-electron chi connectivity index (χ0n) is 11.6. The van der Waals surface area contributed by atoms with Crippen molar-refractivity contribution >= 4 is 40.6 Å². The van der Waals surface area contributed by atoms with Crippen LogP contribution >= 0.6 is 24.0 Å². The van der Waals surface area contributed by atoms with E-state index in [9.17, 15) is 9.59 Å². The third-order valence-corrected chi connectivity index (χ3v) is 4.55. The molecule has 0 radical (unpaired) electrons. The number of hydrogen-bond donors (Lipinski definition) is 0. The monoisotopic (exact) mass is 300 g/mol. The first-order chi connectivity index (χ1) is 9.04. The van der Waals surface area contributed by atoms with Gasteiger partial charge in [-0.05, 0) is 41.4 Å². The highest BCUT2D eigenvalue weighted by molar-refractivity contribution is 8.03. The molecule has 5 heteroatoms. The van der Waals surface area contributed by atoms with E-state index in [2.05, 4.69) is 0 Å². The molecule has 2 unspecified atom stereocenters. The summed E-state index contributed by atoms with van der Waals surface area (Å²) in [7, 11) is 0. The van der Waals surface area contributed by atoms with Crippen LogP contribution in [0.15, 0.2) is 11.0 Å². The van der Waals surface area contributed by atoms with Crippen LogP contribution in [0.3, 0.4) is 0 Å². The van der Waals surface area contributed by atoms with Crippen LogP contribution < -0.4 is 0 Å². The number of carbonyl (C=O) groups excluding carboxylic acids is 2. The van der Waals surface area contributed by atoms with Crippen LogP contribution in [0.2, 0.25) is 0 Å². The lowest BCUT2D eigenvalue weighted by atomic mass is 9.90. The van der Waals surface area contributed by atoms with E-state index in [0.717, 1.165) is 21.9 Å². The molecule has 0 saturated heterocycles. The number of rotatable bonds is 7. The van der Waals surface area contributed by atoms with Crippen molar-refractivity contribution in [3.05, 3.63) is 11.0 Å². The number of carbonyl (C=O) groups is 2. The normalized spacial score (nSPS) is 22.3. The van der Waals surface area contributed by atoms with E-state index in [0.29, 0.717) is 13.0 Å². The summed E-state index contributed by atoms with van der Waals surface area (Å²) in [4.78, 5) is 25.9.